The lowest BCUT2D eigenvalue weighted by molar-refractivity contribution is -0.120. The van der Waals surface area contributed by atoms with Gasteiger partial charge in [-0.1, -0.05) is 17.7 Å². The van der Waals surface area contributed by atoms with Crippen LogP contribution in [-0.2, 0) is 9.59 Å². The molecule has 0 unspecified atom stereocenters. The first-order valence-corrected chi connectivity index (χ1v) is 7.76. The summed E-state index contributed by atoms with van der Waals surface area (Å²) in [5.41, 5.74) is 1.03. The van der Waals surface area contributed by atoms with E-state index < -0.39 is 11.8 Å². The zero-order valence-corrected chi connectivity index (χ0v) is 14.3. The Morgan fingerprint density at radius 2 is 1.60 bits per heavy atom. The van der Waals surface area contributed by atoms with Gasteiger partial charge in [-0.3, -0.25) is 9.59 Å². The molecule has 0 radical (unpaired) electrons. The number of nitrogens with zero attached hydrogens (tertiary/aromatic N) is 1. The van der Waals surface area contributed by atoms with Gasteiger partial charge in [-0.25, -0.2) is 4.90 Å². The van der Waals surface area contributed by atoms with Crippen LogP contribution in [0.2, 0.25) is 0 Å². The molecule has 1 aliphatic heterocycles. The molecule has 2 aromatic rings. The SMILES string of the molecule is COc1ccc(N2C(=O)C(Cl)=C(Nc3cccc(OC)c3)C2=O)cc1. The second-order valence-electron chi connectivity index (χ2n) is 5.19. The molecule has 0 spiro atoms. The highest BCUT2D eigenvalue weighted by atomic mass is 35.5. The third kappa shape index (κ3) is 3.16. The maximum absolute atomic E-state index is 12.7. The number of anilines is 2. The van der Waals surface area contributed by atoms with E-state index in [0.29, 0.717) is 22.9 Å². The van der Waals surface area contributed by atoms with Gasteiger partial charge in [0.15, 0.2) is 0 Å². The molecule has 6 nitrogen and oxygen atoms in total. The predicted octanol–water partition coefficient (Wildman–Crippen LogP) is 3.14. The van der Waals surface area contributed by atoms with Gasteiger partial charge in [-0.05, 0) is 36.4 Å². The van der Waals surface area contributed by atoms with Crippen molar-refractivity contribution in [2.45, 2.75) is 0 Å². The van der Waals surface area contributed by atoms with Gasteiger partial charge in [0.1, 0.15) is 22.2 Å². The van der Waals surface area contributed by atoms with Crippen LogP contribution in [0.25, 0.3) is 0 Å². The van der Waals surface area contributed by atoms with Crippen LogP contribution >= 0.6 is 11.6 Å². The first-order valence-electron chi connectivity index (χ1n) is 7.39. The van der Waals surface area contributed by atoms with Gasteiger partial charge in [-0.2, -0.15) is 0 Å². The second-order valence-corrected chi connectivity index (χ2v) is 5.57. The second kappa shape index (κ2) is 6.86. The molecule has 3 rings (SSSR count). The Balaban J connectivity index is 1.88. The van der Waals surface area contributed by atoms with E-state index in [9.17, 15) is 9.59 Å². The quantitative estimate of drug-likeness (QED) is 0.832. The summed E-state index contributed by atoms with van der Waals surface area (Å²) in [7, 11) is 3.08. The Labute approximate surface area is 149 Å². The van der Waals surface area contributed by atoms with Crippen molar-refractivity contribution < 1.29 is 19.1 Å². The van der Waals surface area contributed by atoms with Crippen LogP contribution < -0.4 is 19.7 Å². The lowest BCUT2D eigenvalue weighted by Gasteiger charge is -2.15. The summed E-state index contributed by atoms with van der Waals surface area (Å²) in [6.45, 7) is 0. The Kier molecular flexibility index (Phi) is 4.63. The van der Waals surface area contributed by atoms with E-state index in [-0.39, 0.29) is 10.7 Å². The van der Waals surface area contributed by atoms with Crippen LogP contribution in [-0.4, -0.2) is 26.0 Å². The summed E-state index contributed by atoms with van der Waals surface area (Å²) < 4.78 is 10.2. The number of halogens is 1. The summed E-state index contributed by atoms with van der Waals surface area (Å²) in [6.07, 6.45) is 0. The van der Waals surface area contributed by atoms with Crippen LogP contribution in [0.3, 0.4) is 0 Å². The van der Waals surface area contributed by atoms with Crippen molar-refractivity contribution in [3.63, 3.8) is 0 Å². The lowest BCUT2D eigenvalue weighted by Crippen LogP contribution is -2.32. The number of methoxy groups -OCH3 is 2. The molecule has 0 saturated carbocycles. The number of benzene rings is 2. The fourth-order valence-corrected chi connectivity index (χ4v) is 2.63. The van der Waals surface area contributed by atoms with Crippen molar-refractivity contribution in [2.75, 3.05) is 24.4 Å². The van der Waals surface area contributed by atoms with Gasteiger partial charge >= 0.3 is 0 Å². The zero-order chi connectivity index (χ0) is 18.0. The van der Waals surface area contributed by atoms with E-state index in [1.165, 1.54) is 7.11 Å². The molecule has 25 heavy (non-hydrogen) atoms. The van der Waals surface area contributed by atoms with Crippen LogP contribution in [0.5, 0.6) is 11.5 Å². The maximum Gasteiger partial charge on any atom is 0.283 e. The molecule has 1 N–H and O–H groups in total. The molecule has 0 fully saturated rings. The van der Waals surface area contributed by atoms with Crippen molar-refractivity contribution >= 4 is 34.8 Å². The third-order valence-corrected chi connectivity index (χ3v) is 4.05. The fourth-order valence-electron chi connectivity index (χ4n) is 2.42. The minimum absolute atomic E-state index is 0.0238. The van der Waals surface area contributed by atoms with E-state index in [4.69, 9.17) is 21.1 Å². The van der Waals surface area contributed by atoms with Gasteiger partial charge in [0, 0.05) is 11.8 Å². The molecule has 1 aliphatic rings. The molecule has 2 amide bonds. The number of carbonyl (C=O) groups is 2. The number of ether oxygens (including phenoxy) is 2. The largest absolute Gasteiger partial charge is 0.497 e. The monoisotopic (exact) mass is 358 g/mol. The first-order chi connectivity index (χ1) is 12.0. The van der Waals surface area contributed by atoms with E-state index in [2.05, 4.69) is 5.32 Å². The molecular weight excluding hydrogens is 344 g/mol. The van der Waals surface area contributed by atoms with E-state index in [0.717, 1.165) is 4.90 Å². The average molecular weight is 359 g/mol. The van der Waals surface area contributed by atoms with E-state index >= 15 is 0 Å². The number of rotatable bonds is 5. The molecule has 1 heterocycles. The summed E-state index contributed by atoms with van der Waals surface area (Å²) in [6, 6.07) is 13.5. The van der Waals surface area contributed by atoms with Gasteiger partial charge in [0.2, 0.25) is 0 Å². The van der Waals surface area contributed by atoms with Gasteiger partial charge < -0.3 is 14.8 Å². The highest BCUT2D eigenvalue weighted by molar-refractivity contribution is 6.53. The van der Waals surface area contributed by atoms with Crippen LogP contribution in [0.1, 0.15) is 0 Å². The number of imide groups is 1. The minimum Gasteiger partial charge on any atom is -0.497 e. The van der Waals surface area contributed by atoms with Crippen molar-refractivity contribution in [2.24, 2.45) is 0 Å². The van der Waals surface area contributed by atoms with Gasteiger partial charge in [-0.15, -0.1) is 0 Å². The Bertz CT molecular complexity index is 862. The Morgan fingerprint density at radius 1 is 0.920 bits per heavy atom. The summed E-state index contributed by atoms with van der Waals surface area (Å²) >= 11 is 6.10. The van der Waals surface area contributed by atoms with Crippen molar-refractivity contribution in [1.29, 1.82) is 0 Å². The van der Waals surface area contributed by atoms with Gasteiger partial charge in [0.25, 0.3) is 11.8 Å². The van der Waals surface area contributed by atoms with Crippen LogP contribution in [0, 0.1) is 0 Å². The number of amides is 2. The van der Waals surface area contributed by atoms with Crippen LogP contribution in [0.4, 0.5) is 11.4 Å². The highest BCUT2D eigenvalue weighted by Gasteiger charge is 2.38. The Morgan fingerprint density at radius 3 is 2.24 bits per heavy atom. The number of nitrogens with one attached hydrogen (secondary N) is 1. The molecule has 2 aromatic carbocycles. The predicted molar refractivity (Wildman–Crippen MR) is 95.0 cm³/mol. The smallest absolute Gasteiger partial charge is 0.283 e. The Hall–Kier alpha value is -2.99. The first kappa shape index (κ1) is 16.9. The number of hydrogen-bond donors (Lipinski definition) is 1. The average Bonchev–Trinajstić information content (AvgIpc) is 2.85. The van der Waals surface area contributed by atoms with Crippen molar-refractivity contribution in [3.05, 3.63) is 59.3 Å². The lowest BCUT2D eigenvalue weighted by atomic mass is 10.2. The topological polar surface area (TPSA) is 67.9 Å². The molecule has 0 bridgehead atoms. The summed E-state index contributed by atoms with van der Waals surface area (Å²) in [5, 5.41) is 2.74. The maximum atomic E-state index is 12.7. The normalized spacial score (nSPS) is 14.1. The molecular formula is C18H15ClN2O4. The van der Waals surface area contributed by atoms with E-state index in [1.54, 1.807) is 55.6 Å². The molecule has 0 aliphatic carbocycles. The number of carbonyl (C=O) groups excluding carboxylic acids is 2. The molecule has 0 atom stereocenters. The standard InChI is InChI=1S/C18H15ClN2O4/c1-24-13-8-6-12(7-9-13)21-17(22)15(19)16(18(21)23)20-11-4-3-5-14(10-11)25-2/h3-10,20H,1-2H3. The molecule has 0 saturated heterocycles. The highest BCUT2D eigenvalue weighted by Crippen LogP contribution is 2.31. The molecule has 7 heteroatoms. The summed E-state index contributed by atoms with van der Waals surface area (Å²) in [4.78, 5) is 26.1. The van der Waals surface area contributed by atoms with Crippen molar-refractivity contribution in [1.82, 2.24) is 0 Å². The third-order valence-electron chi connectivity index (χ3n) is 3.70. The van der Waals surface area contributed by atoms with Gasteiger partial charge in [0.05, 0.1) is 19.9 Å². The zero-order valence-electron chi connectivity index (χ0n) is 13.6. The summed E-state index contributed by atoms with van der Waals surface area (Å²) in [5.74, 6) is 0.132. The number of hydrogen-bond acceptors (Lipinski definition) is 5. The fraction of sp³-hybridized carbons (Fsp3) is 0.111. The molecule has 128 valence electrons. The van der Waals surface area contributed by atoms with Crippen LogP contribution in [0.15, 0.2) is 59.3 Å². The molecule has 0 aromatic heterocycles. The van der Waals surface area contributed by atoms with E-state index in [1.807, 2.05) is 0 Å². The minimum atomic E-state index is -0.581. The van der Waals surface area contributed by atoms with Crippen molar-refractivity contribution in [3.8, 4) is 11.5 Å².